The van der Waals surface area contributed by atoms with Crippen LogP contribution in [0.3, 0.4) is 0 Å². The van der Waals surface area contributed by atoms with Crippen LogP contribution in [0.4, 0.5) is 5.69 Å². The number of methoxy groups -OCH3 is 2. The molecule has 1 fully saturated rings. The molecule has 0 radical (unpaired) electrons. The molecule has 3 aromatic rings. The van der Waals surface area contributed by atoms with Gasteiger partial charge in [-0.15, -0.1) is 0 Å². The number of benzene rings is 3. The summed E-state index contributed by atoms with van der Waals surface area (Å²) in [6.07, 6.45) is 0.530. The smallest absolute Gasteiger partial charge is 0.235 e. The third-order valence-corrected chi connectivity index (χ3v) is 5.93. The van der Waals surface area contributed by atoms with Gasteiger partial charge >= 0.3 is 0 Å². The highest BCUT2D eigenvalue weighted by molar-refractivity contribution is 6.03. The first kappa shape index (κ1) is 20.9. The number of aliphatic hydroxyl groups excluding tert-OH is 1. The first-order valence-corrected chi connectivity index (χ1v) is 10.5. The average Bonchev–Trinajstić information content (AvgIpc) is 2.82. The highest BCUT2D eigenvalue weighted by atomic mass is 16.5. The highest BCUT2D eigenvalue weighted by Gasteiger charge is 2.52. The van der Waals surface area contributed by atoms with Crippen LogP contribution in [0.15, 0.2) is 78.9 Å². The van der Waals surface area contributed by atoms with Gasteiger partial charge in [-0.3, -0.25) is 4.79 Å². The normalized spacial score (nSPS) is 18.9. The molecule has 1 aliphatic rings. The van der Waals surface area contributed by atoms with Crippen molar-refractivity contribution in [3.63, 3.8) is 0 Å². The number of ether oxygens (including phenoxy) is 2. The minimum Gasteiger partial charge on any atom is -0.497 e. The second kappa shape index (κ2) is 9.23. The number of carbonyl (C=O) groups excluding carboxylic acids is 1. The van der Waals surface area contributed by atoms with Crippen LogP contribution >= 0.6 is 0 Å². The SMILES string of the molecule is COc1ccc([C@@H]2[C@@H]([C@H](O)CCc3ccccc3)C(=O)N2c2ccc(OC)cc2)cc1. The summed E-state index contributed by atoms with van der Waals surface area (Å²) in [5, 5.41) is 11.0. The maximum atomic E-state index is 13.2. The molecule has 3 aromatic carbocycles. The summed E-state index contributed by atoms with van der Waals surface area (Å²) in [5.74, 6) is 0.939. The van der Waals surface area contributed by atoms with E-state index in [0.29, 0.717) is 6.42 Å². The van der Waals surface area contributed by atoms with Gasteiger partial charge in [-0.2, -0.15) is 0 Å². The Morgan fingerprint density at radius 2 is 1.45 bits per heavy atom. The van der Waals surface area contributed by atoms with Crippen LogP contribution in [-0.2, 0) is 11.2 Å². The van der Waals surface area contributed by atoms with E-state index >= 15 is 0 Å². The Kier molecular flexibility index (Phi) is 6.23. The summed E-state index contributed by atoms with van der Waals surface area (Å²) >= 11 is 0. The standard InChI is InChI=1S/C26H27NO4/c1-30-21-13-9-19(10-14-21)25-24(23(28)17-8-18-6-4-3-5-7-18)26(29)27(25)20-11-15-22(31-2)16-12-20/h3-7,9-16,23-25,28H,8,17H2,1-2H3/t23-,24-,25-/m1/s1. The van der Waals surface area contributed by atoms with Crippen LogP contribution in [0.5, 0.6) is 11.5 Å². The minimum atomic E-state index is -0.727. The number of aryl methyl sites for hydroxylation is 1. The molecule has 1 N–H and O–H groups in total. The van der Waals surface area contributed by atoms with E-state index in [0.717, 1.165) is 34.7 Å². The van der Waals surface area contributed by atoms with Crippen molar-refractivity contribution in [2.45, 2.75) is 25.0 Å². The van der Waals surface area contributed by atoms with Gasteiger partial charge in [0.25, 0.3) is 0 Å². The van der Waals surface area contributed by atoms with E-state index in [9.17, 15) is 9.90 Å². The molecule has 0 saturated carbocycles. The lowest BCUT2D eigenvalue weighted by molar-refractivity contribution is -0.136. The van der Waals surface area contributed by atoms with Gasteiger partial charge in [-0.05, 0) is 60.4 Å². The molecular weight excluding hydrogens is 390 g/mol. The number of carbonyl (C=O) groups is 1. The second-order valence-electron chi connectivity index (χ2n) is 7.74. The molecule has 5 nitrogen and oxygen atoms in total. The number of hydrogen-bond acceptors (Lipinski definition) is 4. The molecule has 4 rings (SSSR count). The van der Waals surface area contributed by atoms with Gasteiger partial charge in [0.1, 0.15) is 11.5 Å². The van der Waals surface area contributed by atoms with Crippen molar-refractivity contribution in [2.24, 2.45) is 5.92 Å². The van der Waals surface area contributed by atoms with Crippen LogP contribution in [0, 0.1) is 5.92 Å². The van der Waals surface area contributed by atoms with Crippen molar-refractivity contribution in [1.82, 2.24) is 0 Å². The van der Waals surface area contributed by atoms with E-state index in [1.54, 1.807) is 19.1 Å². The van der Waals surface area contributed by atoms with Crippen molar-refractivity contribution >= 4 is 11.6 Å². The number of rotatable bonds is 8. The Morgan fingerprint density at radius 1 is 0.871 bits per heavy atom. The largest absolute Gasteiger partial charge is 0.497 e. The molecule has 0 unspecified atom stereocenters. The van der Waals surface area contributed by atoms with Crippen molar-refractivity contribution < 1.29 is 19.4 Å². The maximum Gasteiger partial charge on any atom is 0.235 e. The lowest BCUT2D eigenvalue weighted by atomic mass is 9.76. The van der Waals surface area contributed by atoms with Gasteiger partial charge in [0, 0.05) is 5.69 Å². The van der Waals surface area contributed by atoms with Gasteiger partial charge in [-0.25, -0.2) is 0 Å². The monoisotopic (exact) mass is 417 g/mol. The minimum absolute atomic E-state index is 0.0634. The van der Waals surface area contributed by atoms with Crippen molar-refractivity contribution in [3.8, 4) is 11.5 Å². The Morgan fingerprint density at radius 3 is 2.03 bits per heavy atom. The summed E-state index contributed by atoms with van der Waals surface area (Å²) in [5.41, 5.74) is 2.92. The predicted octanol–water partition coefficient (Wildman–Crippen LogP) is 4.40. The Labute approximate surface area is 182 Å². The molecule has 160 valence electrons. The van der Waals surface area contributed by atoms with Crippen LogP contribution < -0.4 is 14.4 Å². The van der Waals surface area contributed by atoms with Crippen molar-refractivity contribution in [1.29, 1.82) is 0 Å². The summed E-state index contributed by atoms with van der Waals surface area (Å²) in [4.78, 5) is 14.9. The lowest BCUT2D eigenvalue weighted by Crippen LogP contribution is -2.59. The zero-order chi connectivity index (χ0) is 21.8. The zero-order valence-corrected chi connectivity index (χ0v) is 17.8. The fourth-order valence-electron chi connectivity index (χ4n) is 4.21. The molecule has 1 amide bonds. The molecule has 0 aromatic heterocycles. The number of amides is 1. The fraction of sp³-hybridized carbons (Fsp3) is 0.269. The highest BCUT2D eigenvalue weighted by Crippen LogP contribution is 2.46. The Hall–Kier alpha value is -3.31. The van der Waals surface area contributed by atoms with Crippen LogP contribution in [-0.4, -0.2) is 31.3 Å². The van der Waals surface area contributed by atoms with Crippen LogP contribution in [0.1, 0.15) is 23.6 Å². The summed E-state index contributed by atoms with van der Waals surface area (Å²) < 4.78 is 10.5. The zero-order valence-electron chi connectivity index (χ0n) is 17.8. The summed E-state index contributed by atoms with van der Waals surface area (Å²) in [7, 11) is 3.24. The third-order valence-electron chi connectivity index (χ3n) is 5.93. The molecular formula is C26H27NO4. The number of nitrogens with zero attached hydrogens (tertiary/aromatic N) is 1. The molecule has 0 bridgehead atoms. The molecule has 1 aliphatic heterocycles. The van der Waals surface area contributed by atoms with Gasteiger partial charge in [0.15, 0.2) is 0 Å². The van der Waals surface area contributed by atoms with Crippen LogP contribution in [0.25, 0.3) is 0 Å². The average molecular weight is 418 g/mol. The lowest BCUT2D eigenvalue weighted by Gasteiger charge is -2.49. The number of anilines is 1. The fourth-order valence-corrected chi connectivity index (χ4v) is 4.21. The summed E-state index contributed by atoms with van der Waals surface area (Å²) in [6.45, 7) is 0. The number of β-lactam (4-membered cyclic amide) rings is 1. The van der Waals surface area contributed by atoms with Crippen molar-refractivity contribution in [3.05, 3.63) is 90.0 Å². The number of hydrogen-bond donors (Lipinski definition) is 1. The predicted molar refractivity (Wildman–Crippen MR) is 120 cm³/mol. The Bertz CT molecular complexity index is 1000. The first-order chi connectivity index (χ1) is 15.1. The van der Waals surface area contributed by atoms with E-state index in [1.807, 2.05) is 78.9 Å². The second-order valence-corrected chi connectivity index (χ2v) is 7.74. The summed E-state index contributed by atoms with van der Waals surface area (Å²) in [6, 6.07) is 24.9. The molecule has 0 spiro atoms. The topological polar surface area (TPSA) is 59.0 Å². The number of aliphatic hydroxyl groups is 1. The van der Waals surface area contributed by atoms with Gasteiger partial charge in [-0.1, -0.05) is 42.5 Å². The molecule has 5 heteroatoms. The molecule has 1 saturated heterocycles. The van der Waals surface area contributed by atoms with Crippen molar-refractivity contribution in [2.75, 3.05) is 19.1 Å². The first-order valence-electron chi connectivity index (χ1n) is 10.5. The molecule has 3 atom stereocenters. The van der Waals surface area contributed by atoms with E-state index in [-0.39, 0.29) is 11.9 Å². The van der Waals surface area contributed by atoms with E-state index in [4.69, 9.17) is 9.47 Å². The Balaban J connectivity index is 1.59. The van der Waals surface area contributed by atoms with Crippen LogP contribution in [0.2, 0.25) is 0 Å². The quantitative estimate of drug-likeness (QED) is 0.552. The molecule has 0 aliphatic carbocycles. The maximum absolute atomic E-state index is 13.2. The third kappa shape index (κ3) is 4.28. The molecule has 1 heterocycles. The van der Waals surface area contributed by atoms with E-state index in [2.05, 4.69) is 0 Å². The van der Waals surface area contributed by atoms with Gasteiger partial charge in [0.05, 0.1) is 32.3 Å². The van der Waals surface area contributed by atoms with E-state index in [1.165, 1.54) is 0 Å². The molecule has 31 heavy (non-hydrogen) atoms. The van der Waals surface area contributed by atoms with E-state index < -0.39 is 12.0 Å². The van der Waals surface area contributed by atoms with Gasteiger partial charge < -0.3 is 19.5 Å². The van der Waals surface area contributed by atoms with Gasteiger partial charge in [0.2, 0.25) is 5.91 Å².